The number of nitrogens with zero attached hydrogens (tertiary/aromatic N) is 3. The van der Waals surface area contributed by atoms with Crippen molar-refractivity contribution in [2.75, 3.05) is 6.61 Å². The molecule has 1 fully saturated rings. The van der Waals surface area contributed by atoms with Gasteiger partial charge in [-0.15, -0.1) is 0 Å². The van der Waals surface area contributed by atoms with Gasteiger partial charge in [-0.2, -0.15) is 18.3 Å². The summed E-state index contributed by atoms with van der Waals surface area (Å²) in [6, 6.07) is 3.17. The lowest BCUT2D eigenvalue weighted by Gasteiger charge is -2.17. The first-order valence-electron chi connectivity index (χ1n) is 6.87. The van der Waals surface area contributed by atoms with Gasteiger partial charge in [0.05, 0.1) is 6.04 Å². The molecule has 2 heterocycles. The van der Waals surface area contributed by atoms with E-state index in [9.17, 15) is 13.2 Å². The Hall–Kier alpha value is -1.99. The first kappa shape index (κ1) is 14.9. The molecule has 0 saturated heterocycles. The molecule has 3 rings (SSSR count). The predicted octanol–water partition coefficient (Wildman–Crippen LogP) is 2.01. The summed E-state index contributed by atoms with van der Waals surface area (Å²) in [7, 11) is 5.69. The van der Waals surface area contributed by atoms with Crippen LogP contribution in [0.1, 0.15) is 24.4 Å². The molecule has 0 bridgehead atoms. The molecule has 4 nitrogen and oxygen atoms in total. The summed E-state index contributed by atoms with van der Waals surface area (Å²) in [5.74, 6) is 0.402. The molecule has 1 unspecified atom stereocenters. The van der Waals surface area contributed by atoms with Crippen molar-refractivity contribution in [3.05, 3.63) is 36.3 Å². The summed E-state index contributed by atoms with van der Waals surface area (Å²) in [5.41, 5.74) is 1.45. The minimum Gasteiger partial charge on any atom is -0.468 e. The zero-order valence-corrected chi connectivity index (χ0v) is 11.6. The van der Waals surface area contributed by atoms with E-state index in [0.717, 1.165) is 18.4 Å². The fourth-order valence-electron chi connectivity index (χ4n) is 2.37. The molecule has 114 valence electrons. The molecule has 0 N–H and O–H groups in total. The topological polar surface area (TPSA) is 39.9 Å². The zero-order chi connectivity index (χ0) is 15.7. The Balaban J connectivity index is 1.75. The van der Waals surface area contributed by atoms with Gasteiger partial charge in [0.2, 0.25) is 5.88 Å². The Bertz CT molecular complexity index is 638. The molecule has 2 radical (unpaired) electrons. The highest BCUT2D eigenvalue weighted by Crippen LogP contribution is 2.42. The Kier molecular flexibility index (Phi) is 3.84. The van der Waals surface area contributed by atoms with Crippen LogP contribution in [0.25, 0.3) is 0 Å². The van der Waals surface area contributed by atoms with Crippen LogP contribution in [0.2, 0.25) is 0 Å². The molecule has 0 aliphatic heterocycles. The predicted molar refractivity (Wildman–Crippen MR) is 74.3 cm³/mol. The Morgan fingerprint density at radius 2 is 2.09 bits per heavy atom. The monoisotopic (exact) mass is 307 g/mol. The molecule has 0 aromatic carbocycles. The highest BCUT2D eigenvalue weighted by Gasteiger charge is 2.34. The van der Waals surface area contributed by atoms with Crippen molar-refractivity contribution in [2.45, 2.75) is 25.1 Å². The first-order valence-corrected chi connectivity index (χ1v) is 6.87. The van der Waals surface area contributed by atoms with Crippen molar-refractivity contribution in [1.82, 2.24) is 14.8 Å². The number of alkyl halides is 3. The van der Waals surface area contributed by atoms with Crippen LogP contribution in [0.4, 0.5) is 13.2 Å². The van der Waals surface area contributed by atoms with Gasteiger partial charge in [-0.3, -0.25) is 4.68 Å². The normalized spacial score (nSPS) is 16.5. The van der Waals surface area contributed by atoms with Crippen LogP contribution >= 0.6 is 0 Å². The second-order valence-electron chi connectivity index (χ2n) is 5.37. The Morgan fingerprint density at radius 1 is 1.32 bits per heavy atom. The van der Waals surface area contributed by atoms with Crippen molar-refractivity contribution in [3.8, 4) is 5.88 Å². The van der Waals surface area contributed by atoms with E-state index in [0.29, 0.717) is 11.4 Å². The molecule has 8 heteroatoms. The van der Waals surface area contributed by atoms with Crippen molar-refractivity contribution in [1.29, 1.82) is 0 Å². The Labute approximate surface area is 126 Å². The fraction of sp³-hybridized carbons (Fsp3) is 0.429. The standard InChI is InChI=1S/C14H13BF3N3O/c15-11-6-20-21(7-11)13(9-1-2-9)10-3-4-12(19-5-10)22-8-14(16,17)18/h3-7,9,13H,1-2,8H2. The van der Waals surface area contributed by atoms with Gasteiger partial charge in [0.25, 0.3) is 0 Å². The molecule has 2 aromatic heterocycles. The smallest absolute Gasteiger partial charge is 0.422 e. The summed E-state index contributed by atoms with van der Waals surface area (Å²) in [6.45, 7) is -1.35. The minimum absolute atomic E-state index is 0.00136. The largest absolute Gasteiger partial charge is 0.468 e. The minimum atomic E-state index is -4.37. The molecule has 1 aliphatic rings. The molecule has 22 heavy (non-hydrogen) atoms. The van der Waals surface area contributed by atoms with Crippen molar-refractivity contribution in [3.63, 3.8) is 0 Å². The number of ether oxygens (including phenoxy) is 1. The lowest BCUT2D eigenvalue weighted by molar-refractivity contribution is -0.154. The maximum absolute atomic E-state index is 12.1. The zero-order valence-electron chi connectivity index (χ0n) is 11.6. The van der Waals surface area contributed by atoms with Crippen molar-refractivity contribution in [2.24, 2.45) is 5.92 Å². The van der Waals surface area contributed by atoms with E-state index in [1.807, 2.05) is 0 Å². The molecule has 0 spiro atoms. The molecule has 0 amide bonds. The van der Waals surface area contributed by atoms with Crippen LogP contribution in [-0.4, -0.2) is 35.4 Å². The van der Waals surface area contributed by atoms with E-state index >= 15 is 0 Å². The number of pyridine rings is 1. The summed E-state index contributed by atoms with van der Waals surface area (Å²) < 4.78 is 42.7. The maximum Gasteiger partial charge on any atom is 0.422 e. The van der Waals surface area contributed by atoms with E-state index in [1.54, 1.807) is 23.1 Å². The average molecular weight is 307 g/mol. The van der Waals surface area contributed by atoms with Gasteiger partial charge >= 0.3 is 6.18 Å². The molecular formula is C14H13BF3N3O. The van der Waals surface area contributed by atoms with E-state index in [1.165, 1.54) is 12.3 Å². The van der Waals surface area contributed by atoms with Gasteiger partial charge in [0, 0.05) is 24.7 Å². The van der Waals surface area contributed by atoms with Crippen molar-refractivity contribution >= 4 is 13.3 Å². The number of hydrogen-bond donors (Lipinski definition) is 0. The number of aromatic nitrogens is 3. The Morgan fingerprint density at radius 3 is 2.59 bits per heavy atom. The van der Waals surface area contributed by atoms with Crippen LogP contribution in [0.15, 0.2) is 30.7 Å². The van der Waals surface area contributed by atoms with Gasteiger partial charge < -0.3 is 4.74 Å². The molecule has 2 aromatic rings. The van der Waals surface area contributed by atoms with Crippen LogP contribution in [0, 0.1) is 5.92 Å². The number of hydrogen-bond acceptors (Lipinski definition) is 3. The molecule has 1 atom stereocenters. The highest BCUT2D eigenvalue weighted by atomic mass is 19.4. The van der Waals surface area contributed by atoms with E-state index in [2.05, 4.69) is 14.8 Å². The molecule has 1 saturated carbocycles. The third-order valence-electron chi connectivity index (χ3n) is 3.46. The summed E-state index contributed by atoms with van der Waals surface area (Å²) >= 11 is 0. The molecule has 1 aliphatic carbocycles. The summed E-state index contributed by atoms with van der Waals surface area (Å²) in [4.78, 5) is 3.95. The van der Waals surface area contributed by atoms with Gasteiger partial charge in [-0.05, 0) is 30.4 Å². The third-order valence-corrected chi connectivity index (χ3v) is 3.46. The number of halogens is 3. The fourth-order valence-corrected chi connectivity index (χ4v) is 2.37. The average Bonchev–Trinajstić information content (AvgIpc) is 3.19. The third kappa shape index (κ3) is 3.61. The maximum atomic E-state index is 12.1. The van der Waals surface area contributed by atoms with E-state index in [4.69, 9.17) is 7.85 Å². The SMILES string of the molecule is [B]c1cnn(C(c2ccc(OCC(F)(F)F)nc2)C2CC2)c1. The van der Waals surface area contributed by atoms with Crippen LogP contribution in [0.5, 0.6) is 5.88 Å². The molecular weight excluding hydrogens is 294 g/mol. The summed E-state index contributed by atoms with van der Waals surface area (Å²) in [6.07, 6.45) is 2.64. The van der Waals surface area contributed by atoms with Gasteiger partial charge in [0.15, 0.2) is 6.61 Å². The number of rotatable bonds is 5. The van der Waals surface area contributed by atoms with Gasteiger partial charge in [-0.1, -0.05) is 5.46 Å². The van der Waals surface area contributed by atoms with Crippen LogP contribution in [0.3, 0.4) is 0 Å². The quantitative estimate of drug-likeness (QED) is 0.793. The van der Waals surface area contributed by atoms with Crippen molar-refractivity contribution < 1.29 is 17.9 Å². The van der Waals surface area contributed by atoms with E-state index < -0.39 is 12.8 Å². The highest BCUT2D eigenvalue weighted by molar-refractivity contribution is 6.31. The van der Waals surface area contributed by atoms with Crippen LogP contribution in [-0.2, 0) is 0 Å². The van der Waals surface area contributed by atoms with Gasteiger partial charge in [0.1, 0.15) is 7.85 Å². The summed E-state index contributed by atoms with van der Waals surface area (Å²) in [5, 5.41) is 4.23. The first-order chi connectivity index (χ1) is 10.4. The second kappa shape index (κ2) is 5.66. The van der Waals surface area contributed by atoms with Gasteiger partial charge in [-0.25, -0.2) is 4.98 Å². The lowest BCUT2D eigenvalue weighted by atomic mass is 10.0. The van der Waals surface area contributed by atoms with E-state index in [-0.39, 0.29) is 11.9 Å². The van der Waals surface area contributed by atoms with Crippen LogP contribution < -0.4 is 10.2 Å². The second-order valence-corrected chi connectivity index (χ2v) is 5.37. The lowest BCUT2D eigenvalue weighted by Crippen LogP contribution is -2.20.